The van der Waals surface area contributed by atoms with Gasteiger partial charge in [-0.25, -0.2) is 8.42 Å². The van der Waals surface area contributed by atoms with Crippen LogP contribution in [0.2, 0.25) is 0 Å². The highest BCUT2D eigenvalue weighted by Crippen LogP contribution is 2.33. The van der Waals surface area contributed by atoms with Gasteiger partial charge in [0.15, 0.2) is 9.84 Å². The summed E-state index contributed by atoms with van der Waals surface area (Å²) in [5, 5.41) is 9.14. The smallest absolute Gasteiger partial charge is 0.151 e. The standard InChI is InChI=1S/C11H20N2O2S2/c1-3-17(14,15)9-8-13-6-4-11(10-12,16-2)5-7-13/h3-9H2,1-2H3. The Morgan fingerprint density at radius 3 is 2.41 bits per heavy atom. The Balaban J connectivity index is 2.41. The third kappa shape index (κ3) is 4.16. The fraction of sp³-hybridized carbons (Fsp3) is 0.909. The van der Waals surface area contributed by atoms with Gasteiger partial charge in [0, 0.05) is 25.4 Å². The van der Waals surface area contributed by atoms with E-state index in [1.165, 1.54) is 0 Å². The lowest BCUT2D eigenvalue weighted by molar-refractivity contribution is 0.228. The fourth-order valence-corrected chi connectivity index (χ4v) is 3.42. The van der Waals surface area contributed by atoms with Crippen LogP contribution in [0.25, 0.3) is 0 Å². The molecule has 1 fully saturated rings. The molecule has 0 aromatic heterocycles. The first-order valence-corrected chi connectivity index (χ1v) is 8.91. The highest BCUT2D eigenvalue weighted by atomic mass is 32.2. The minimum absolute atomic E-state index is 0.216. The zero-order valence-corrected chi connectivity index (χ0v) is 12.1. The van der Waals surface area contributed by atoms with E-state index in [1.54, 1.807) is 18.7 Å². The van der Waals surface area contributed by atoms with Crippen LogP contribution in [-0.4, -0.2) is 55.5 Å². The number of piperidine rings is 1. The first kappa shape index (κ1) is 14.8. The summed E-state index contributed by atoms with van der Waals surface area (Å²) < 4.78 is 22.5. The molecule has 4 nitrogen and oxygen atoms in total. The lowest BCUT2D eigenvalue weighted by atomic mass is 9.97. The first-order valence-electron chi connectivity index (χ1n) is 5.86. The number of hydrogen-bond donors (Lipinski definition) is 0. The maximum Gasteiger partial charge on any atom is 0.151 e. The van der Waals surface area contributed by atoms with E-state index < -0.39 is 9.84 Å². The van der Waals surface area contributed by atoms with Crippen molar-refractivity contribution in [2.24, 2.45) is 0 Å². The maximum atomic E-state index is 11.4. The summed E-state index contributed by atoms with van der Waals surface area (Å²) in [6.07, 6.45) is 3.63. The van der Waals surface area contributed by atoms with Crippen molar-refractivity contribution >= 4 is 21.6 Å². The van der Waals surface area contributed by atoms with Crippen molar-refractivity contribution in [2.45, 2.75) is 24.5 Å². The molecule has 6 heteroatoms. The normalized spacial score (nSPS) is 21.0. The van der Waals surface area contributed by atoms with Crippen molar-refractivity contribution < 1.29 is 8.42 Å². The molecule has 0 radical (unpaired) electrons. The van der Waals surface area contributed by atoms with Gasteiger partial charge in [-0.1, -0.05) is 6.92 Å². The SMILES string of the molecule is CCS(=O)(=O)CCN1CCC(C#N)(SC)CC1. The van der Waals surface area contributed by atoms with Crippen molar-refractivity contribution in [1.82, 2.24) is 4.90 Å². The minimum Gasteiger partial charge on any atom is -0.302 e. The van der Waals surface area contributed by atoms with Crippen molar-refractivity contribution in [3.63, 3.8) is 0 Å². The average molecular weight is 276 g/mol. The van der Waals surface area contributed by atoms with E-state index in [0.29, 0.717) is 6.54 Å². The summed E-state index contributed by atoms with van der Waals surface area (Å²) >= 11 is 1.62. The number of nitriles is 1. The van der Waals surface area contributed by atoms with Crippen LogP contribution in [0.5, 0.6) is 0 Å². The highest BCUT2D eigenvalue weighted by molar-refractivity contribution is 8.00. The third-order valence-corrected chi connectivity index (χ3v) is 6.38. The molecule has 1 rings (SSSR count). The largest absolute Gasteiger partial charge is 0.302 e. The Hall–Kier alpha value is -0.250. The number of likely N-dealkylation sites (tertiary alicyclic amines) is 1. The zero-order valence-electron chi connectivity index (χ0n) is 10.5. The second-order valence-electron chi connectivity index (χ2n) is 4.39. The lowest BCUT2D eigenvalue weighted by Crippen LogP contribution is -2.43. The molecule has 1 aliphatic rings. The van der Waals surface area contributed by atoms with E-state index in [0.717, 1.165) is 25.9 Å². The topological polar surface area (TPSA) is 61.2 Å². The minimum atomic E-state index is -2.87. The summed E-state index contributed by atoms with van der Waals surface area (Å²) in [7, 11) is -2.87. The lowest BCUT2D eigenvalue weighted by Gasteiger charge is -2.36. The molecule has 98 valence electrons. The highest BCUT2D eigenvalue weighted by Gasteiger charge is 2.33. The quantitative estimate of drug-likeness (QED) is 0.753. The van der Waals surface area contributed by atoms with Crippen molar-refractivity contribution in [3.05, 3.63) is 0 Å². The fourth-order valence-electron chi connectivity index (χ4n) is 1.91. The predicted molar refractivity (Wildman–Crippen MR) is 71.9 cm³/mol. The molecule has 17 heavy (non-hydrogen) atoms. The molecule has 1 saturated heterocycles. The van der Waals surface area contributed by atoms with Gasteiger partial charge in [-0.15, -0.1) is 11.8 Å². The first-order chi connectivity index (χ1) is 7.97. The summed E-state index contributed by atoms with van der Waals surface area (Å²) in [5.74, 6) is 0.454. The molecule has 0 aliphatic carbocycles. The molecule has 0 spiro atoms. The Labute approximate surface area is 108 Å². The Morgan fingerprint density at radius 1 is 1.41 bits per heavy atom. The summed E-state index contributed by atoms with van der Waals surface area (Å²) in [5.41, 5.74) is 0. The monoisotopic (exact) mass is 276 g/mol. The summed E-state index contributed by atoms with van der Waals surface area (Å²) in [6.45, 7) is 3.94. The van der Waals surface area contributed by atoms with Crippen LogP contribution in [0, 0.1) is 11.3 Å². The van der Waals surface area contributed by atoms with Gasteiger partial charge in [0.2, 0.25) is 0 Å². The second-order valence-corrected chi connectivity index (χ2v) is 8.05. The molecule has 0 atom stereocenters. The maximum absolute atomic E-state index is 11.4. The molecule has 0 saturated carbocycles. The number of thioether (sulfide) groups is 1. The van der Waals surface area contributed by atoms with Crippen LogP contribution in [0.4, 0.5) is 0 Å². The molecular weight excluding hydrogens is 256 g/mol. The van der Waals surface area contributed by atoms with Gasteiger partial charge in [-0.3, -0.25) is 0 Å². The predicted octanol–water partition coefficient (Wildman–Crippen LogP) is 1.14. The Morgan fingerprint density at radius 2 is 2.00 bits per heavy atom. The van der Waals surface area contributed by atoms with E-state index in [2.05, 4.69) is 11.0 Å². The van der Waals surface area contributed by atoms with Gasteiger partial charge in [0.25, 0.3) is 0 Å². The molecule has 0 N–H and O–H groups in total. The van der Waals surface area contributed by atoms with Crippen LogP contribution in [-0.2, 0) is 9.84 Å². The van der Waals surface area contributed by atoms with E-state index in [1.807, 2.05) is 6.26 Å². The molecule has 0 aromatic rings. The molecule has 0 aromatic carbocycles. The van der Waals surface area contributed by atoms with Crippen LogP contribution in [0.15, 0.2) is 0 Å². The van der Waals surface area contributed by atoms with E-state index >= 15 is 0 Å². The second kappa shape index (κ2) is 6.07. The van der Waals surface area contributed by atoms with Gasteiger partial charge in [0.05, 0.1) is 11.8 Å². The van der Waals surface area contributed by atoms with E-state index in [9.17, 15) is 8.42 Å². The number of sulfone groups is 1. The van der Waals surface area contributed by atoms with Gasteiger partial charge < -0.3 is 4.90 Å². The van der Waals surface area contributed by atoms with Gasteiger partial charge in [-0.2, -0.15) is 5.26 Å². The molecular formula is C11H20N2O2S2. The zero-order chi connectivity index (χ0) is 12.9. The Bertz CT molecular complexity index is 379. The van der Waals surface area contributed by atoms with Crippen LogP contribution in [0.3, 0.4) is 0 Å². The summed E-state index contributed by atoms with van der Waals surface area (Å²) in [4.78, 5) is 2.15. The van der Waals surface area contributed by atoms with Gasteiger partial charge in [0.1, 0.15) is 4.75 Å². The van der Waals surface area contributed by atoms with Crippen LogP contribution >= 0.6 is 11.8 Å². The van der Waals surface area contributed by atoms with E-state index in [-0.39, 0.29) is 16.3 Å². The van der Waals surface area contributed by atoms with Gasteiger partial charge in [-0.05, 0) is 19.1 Å². The number of rotatable bonds is 5. The third-order valence-electron chi connectivity index (χ3n) is 3.42. The van der Waals surface area contributed by atoms with Crippen molar-refractivity contribution in [2.75, 3.05) is 37.4 Å². The van der Waals surface area contributed by atoms with E-state index in [4.69, 9.17) is 5.26 Å². The molecule has 0 bridgehead atoms. The molecule has 0 unspecified atom stereocenters. The summed E-state index contributed by atoms with van der Waals surface area (Å²) in [6, 6.07) is 2.39. The van der Waals surface area contributed by atoms with Crippen molar-refractivity contribution in [3.8, 4) is 6.07 Å². The number of hydrogen-bond acceptors (Lipinski definition) is 5. The van der Waals surface area contributed by atoms with Crippen molar-refractivity contribution in [1.29, 1.82) is 5.26 Å². The number of nitrogens with zero attached hydrogens (tertiary/aromatic N) is 2. The average Bonchev–Trinajstić information content (AvgIpc) is 2.37. The van der Waals surface area contributed by atoms with Gasteiger partial charge >= 0.3 is 0 Å². The van der Waals surface area contributed by atoms with Crippen LogP contribution < -0.4 is 0 Å². The molecule has 1 heterocycles. The molecule has 1 aliphatic heterocycles. The Kier molecular flexibility index (Phi) is 5.29. The molecule has 0 amide bonds. The van der Waals surface area contributed by atoms with Crippen LogP contribution in [0.1, 0.15) is 19.8 Å².